The highest BCUT2D eigenvalue weighted by Crippen LogP contribution is 2.24. The average molecular weight is 394 g/mol. The Balaban J connectivity index is 1.46. The number of aromatic amines is 1. The van der Waals surface area contributed by atoms with E-state index in [2.05, 4.69) is 14.6 Å². The molecule has 0 unspecified atom stereocenters. The number of nitrogens with one attached hydrogen (secondary N) is 2. The smallest absolute Gasteiger partial charge is 0.340 e. The number of aryl methyl sites for hydroxylation is 1. The van der Waals surface area contributed by atoms with Crippen LogP contribution in [0.1, 0.15) is 28.9 Å². The molecule has 1 fully saturated rings. The van der Waals surface area contributed by atoms with Crippen molar-refractivity contribution < 1.29 is 17.9 Å². The molecule has 0 amide bonds. The summed E-state index contributed by atoms with van der Waals surface area (Å²) in [6, 6.07) is 7.74. The molecule has 1 aromatic carbocycles. The molecule has 0 saturated carbocycles. The maximum absolute atomic E-state index is 12.6. The fourth-order valence-electron chi connectivity index (χ4n) is 3.57. The number of carbonyl (C=O) groups is 1. The standard InChI is InChI=1S/C19H27N3O4S/c1-14-18(16-5-3-4-6-17(16)21-14)19(23)26-13-15-7-10-22(11-8-15)12-9-20-27(2,24)25/h3-6,15,20-21H,7-13H2,1-2H3. The van der Waals surface area contributed by atoms with E-state index in [0.717, 1.165) is 42.5 Å². The Morgan fingerprint density at radius 3 is 2.70 bits per heavy atom. The highest BCUT2D eigenvalue weighted by Gasteiger charge is 2.22. The van der Waals surface area contributed by atoms with Crippen LogP contribution in [0.3, 0.4) is 0 Å². The molecule has 3 rings (SSSR count). The number of sulfonamides is 1. The lowest BCUT2D eigenvalue weighted by atomic mass is 9.98. The lowest BCUT2D eigenvalue weighted by Gasteiger charge is -2.31. The third kappa shape index (κ3) is 5.31. The van der Waals surface area contributed by atoms with Crippen LogP contribution in [0, 0.1) is 12.8 Å². The van der Waals surface area contributed by atoms with Gasteiger partial charge in [0.15, 0.2) is 0 Å². The van der Waals surface area contributed by atoms with Gasteiger partial charge >= 0.3 is 5.97 Å². The lowest BCUT2D eigenvalue weighted by molar-refractivity contribution is 0.0375. The van der Waals surface area contributed by atoms with Crippen LogP contribution in [0.4, 0.5) is 0 Å². The molecule has 2 aromatic rings. The predicted molar refractivity (Wildman–Crippen MR) is 105 cm³/mol. The van der Waals surface area contributed by atoms with E-state index in [1.807, 2.05) is 31.2 Å². The molecule has 148 valence electrons. The molecule has 8 heteroatoms. The molecule has 2 N–H and O–H groups in total. The minimum absolute atomic E-state index is 0.273. The van der Waals surface area contributed by atoms with Gasteiger partial charge in [-0.15, -0.1) is 0 Å². The normalized spacial score (nSPS) is 16.7. The maximum atomic E-state index is 12.6. The molecule has 1 saturated heterocycles. The minimum Gasteiger partial charge on any atom is -0.462 e. The summed E-state index contributed by atoms with van der Waals surface area (Å²) >= 11 is 0. The number of hydrogen-bond acceptors (Lipinski definition) is 5. The number of fused-ring (bicyclic) bond motifs is 1. The Bertz CT molecular complexity index is 899. The van der Waals surface area contributed by atoms with Crippen molar-refractivity contribution in [1.29, 1.82) is 0 Å². The van der Waals surface area contributed by atoms with Gasteiger partial charge in [0.2, 0.25) is 10.0 Å². The first kappa shape index (κ1) is 19.9. The Hall–Kier alpha value is -1.90. The molecule has 0 atom stereocenters. The number of likely N-dealkylation sites (tertiary alicyclic amines) is 1. The number of rotatable bonds is 7. The monoisotopic (exact) mass is 393 g/mol. The van der Waals surface area contributed by atoms with Gasteiger partial charge in [0, 0.05) is 29.7 Å². The summed E-state index contributed by atoms with van der Waals surface area (Å²) in [5, 5.41) is 0.896. The van der Waals surface area contributed by atoms with E-state index in [1.54, 1.807) is 0 Å². The van der Waals surface area contributed by atoms with E-state index in [9.17, 15) is 13.2 Å². The van der Waals surface area contributed by atoms with Crippen LogP contribution in [0.5, 0.6) is 0 Å². The maximum Gasteiger partial charge on any atom is 0.340 e. The van der Waals surface area contributed by atoms with Crippen molar-refractivity contribution in [3.63, 3.8) is 0 Å². The van der Waals surface area contributed by atoms with Crippen LogP contribution >= 0.6 is 0 Å². The second-order valence-corrected chi connectivity index (χ2v) is 9.05. The summed E-state index contributed by atoms with van der Waals surface area (Å²) < 4.78 is 30.3. The first-order valence-electron chi connectivity index (χ1n) is 9.25. The molecule has 0 radical (unpaired) electrons. The van der Waals surface area contributed by atoms with Crippen LogP contribution in [0.25, 0.3) is 10.9 Å². The molecule has 1 aromatic heterocycles. The summed E-state index contributed by atoms with van der Waals surface area (Å²) in [7, 11) is -3.13. The Morgan fingerprint density at radius 1 is 1.30 bits per heavy atom. The zero-order valence-electron chi connectivity index (χ0n) is 15.8. The number of carbonyl (C=O) groups excluding carboxylic acids is 1. The first-order valence-corrected chi connectivity index (χ1v) is 11.1. The average Bonchev–Trinajstić information content (AvgIpc) is 2.95. The molecule has 0 spiro atoms. The van der Waals surface area contributed by atoms with Gasteiger partial charge in [-0.1, -0.05) is 18.2 Å². The third-order valence-corrected chi connectivity index (χ3v) is 5.78. The molecule has 2 heterocycles. The van der Waals surface area contributed by atoms with Gasteiger partial charge < -0.3 is 14.6 Å². The van der Waals surface area contributed by atoms with E-state index in [0.29, 0.717) is 31.2 Å². The van der Waals surface area contributed by atoms with Crippen LogP contribution in [-0.4, -0.2) is 63.3 Å². The van der Waals surface area contributed by atoms with Gasteiger partial charge in [-0.3, -0.25) is 0 Å². The van der Waals surface area contributed by atoms with Crippen molar-refractivity contribution in [1.82, 2.24) is 14.6 Å². The third-order valence-electron chi connectivity index (χ3n) is 5.05. The number of hydrogen-bond donors (Lipinski definition) is 2. The fraction of sp³-hybridized carbons (Fsp3) is 0.526. The highest BCUT2D eigenvalue weighted by molar-refractivity contribution is 7.88. The second-order valence-electron chi connectivity index (χ2n) is 7.22. The summed E-state index contributed by atoms with van der Waals surface area (Å²) in [6.07, 6.45) is 3.06. The Labute approximate surface area is 160 Å². The van der Waals surface area contributed by atoms with Crippen molar-refractivity contribution in [3.8, 4) is 0 Å². The SMILES string of the molecule is Cc1[nH]c2ccccc2c1C(=O)OCC1CCN(CCNS(C)(=O)=O)CC1. The number of H-pyrrole nitrogens is 1. The van der Waals surface area contributed by atoms with Crippen molar-refractivity contribution in [3.05, 3.63) is 35.5 Å². The van der Waals surface area contributed by atoms with Gasteiger partial charge in [0.05, 0.1) is 18.4 Å². The van der Waals surface area contributed by atoms with Crippen LogP contribution < -0.4 is 4.72 Å². The van der Waals surface area contributed by atoms with Crippen LogP contribution in [0.15, 0.2) is 24.3 Å². The molecular weight excluding hydrogens is 366 g/mol. The zero-order chi connectivity index (χ0) is 19.4. The van der Waals surface area contributed by atoms with E-state index >= 15 is 0 Å². The van der Waals surface area contributed by atoms with Gasteiger partial charge in [-0.2, -0.15) is 0 Å². The second kappa shape index (κ2) is 8.41. The molecule has 1 aliphatic heterocycles. The van der Waals surface area contributed by atoms with Gasteiger partial charge in [0.25, 0.3) is 0 Å². The fourth-order valence-corrected chi connectivity index (χ4v) is 4.03. The van der Waals surface area contributed by atoms with Crippen LogP contribution in [-0.2, 0) is 14.8 Å². The molecule has 7 nitrogen and oxygen atoms in total. The summed E-state index contributed by atoms with van der Waals surface area (Å²) in [6.45, 7) is 5.22. The van der Waals surface area contributed by atoms with Crippen molar-refractivity contribution in [2.45, 2.75) is 19.8 Å². The predicted octanol–water partition coefficient (Wildman–Crippen LogP) is 1.89. The number of aromatic nitrogens is 1. The van der Waals surface area contributed by atoms with Gasteiger partial charge in [-0.05, 0) is 44.8 Å². The highest BCUT2D eigenvalue weighted by atomic mass is 32.2. The number of piperidine rings is 1. The number of ether oxygens (including phenoxy) is 1. The van der Waals surface area contributed by atoms with E-state index in [-0.39, 0.29) is 5.97 Å². The number of benzene rings is 1. The lowest BCUT2D eigenvalue weighted by Crippen LogP contribution is -2.40. The van der Waals surface area contributed by atoms with E-state index in [1.165, 1.54) is 6.26 Å². The number of para-hydroxylation sites is 1. The van der Waals surface area contributed by atoms with Crippen molar-refractivity contribution in [2.75, 3.05) is 39.0 Å². The number of nitrogens with zero attached hydrogens (tertiary/aromatic N) is 1. The largest absolute Gasteiger partial charge is 0.462 e. The quantitative estimate of drug-likeness (QED) is 0.701. The summed E-state index contributed by atoms with van der Waals surface area (Å²) in [5.74, 6) is 0.0725. The van der Waals surface area contributed by atoms with Crippen molar-refractivity contribution in [2.24, 2.45) is 5.92 Å². The van der Waals surface area contributed by atoms with Gasteiger partial charge in [0.1, 0.15) is 0 Å². The van der Waals surface area contributed by atoms with Crippen molar-refractivity contribution >= 4 is 26.9 Å². The zero-order valence-corrected chi connectivity index (χ0v) is 16.6. The van der Waals surface area contributed by atoms with Gasteiger partial charge in [-0.25, -0.2) is 17.9 Å². The minimum atomic E-state index is -3.13. The molecule has 1 aliphatic rings. The molecule has 27 heavy (non-hydrogen) atoms. The molecular formula is C19H27N3O4S. The van der Waals surface area contributed by atoms with E-state index < -0.39 is 10.0 Å². The van der Waals surface area contributed by atoms with Crippen LogP contribution in [0.2, 0.25) is 0 Å². The summed E-state index contributed by atoms with van der Waals surface area (Å²) in [4.78, 5) is 18.0. The Morgan fingerprint density at radius 2 is 2.00 bits per heavy atom. The topological polar surface area (TPSA) is 91.5 Å². The summed E-state index contributed by atoms with van der Waals surface area (Å²) in [5.41, 5.74) is 2.39. The Kier molecular flexibility index (Phi) is 6.18. The number of esters is 1. The van der Waals surface area contributed by atoms with E-state index in [4.69, 9.17) is 4.74 Å². The molecule has 0 bridgehead atoms. The molecule has 0 aliphatic carbocycles. The first-order chi connectivity index (χ1) is 12.8.